The van der Waals surface area contributed by atoms with E-state index in [0.717, 1.165) is 60.7 Å². The lowest BCUT2D eigenvalue weighted by atomic mass is 9.69. The SMILES string of the molecule is C=NCCC1(n2cc(-c3ncnc4[nH]ccc34)cn2)CC(N2CCC(Oc3cc(C(C)(C)O)cc(C(F)(F)F)n3)CC2)C1. The normalized spacial score (nSPS) is 22.0. The van der Waals surface area contributed by atoms with Crippen LogP contribution in [0.25, 0.3) is 22.3 Å². The smallest absolute Gasteiger partial charge is 0.433 e. The van der Waals surface area contributed by atoms with Crippen molar-refractivity contribution < 1.29 is 23.0 Å². The quantitative estimate of drug-likeness (QED) is 0.263. The molecule has 1 saturated heterocycles. The number of aliphatic hydroxyl groups is 1. The predicted molar refractivity (Wildman–Crippen MR) is 155 cm³/mol. The number of aliphatic imine (C=N–C) groups is 1. The van der Waals surface area contributed by atoms with Crippen LogP contribution >= 0.6 is 0 Å². The zero-order valence-electron chi connectivity index (χ0n) is 24.2. The second-order valence-corrected chi connectivity index (χ2v) is 12.1. The highest BCUT2D eigenvalue weighted by molar-refractivity contribution is 5.90. The fraction of sp³-hybridized carbons (Fsp3) is 0.500. The van der Waals surface area contributed by atoms with Crippen LogP contribution in [0.15, 0.2) is 48.1 Å². The molecule has 13 heteroatoms. The molecule has 0 amide bonds. The van der Waals surface area contributed by atoms with Crippen LogP contribution in [0.1, 0.15) is 57.2 Å². The molecule has 1 aliphatic heterocycles. The molecule has 2 fully saturated rings. The highest BCUT2D eigenvalue weighted by Gasteiger charge is 2.49. The first kappa shape index (κ1) is 29.2. The van der Waals surface area contributed by atoms with Gasteiger partial charge in [0.1, 0.15) is 23.8 Å². The van der Waals surface area contributed by atoms with Gasteiger partial charge in [0, 0.05) is 55.1 Å². The number of aromatic amines is 1. The molecule has 0 aromatic carbocycles. The van der Waals surface area contributed by atoms with Gasteiger partial charge in [0.2, 0.25) is 5.88 Å². The molecule has 0 unspecified atom stereocenters. The Morgan fingerprint density at radius 1 is 1.19 bits per heavy atom. The van der Waals surface area contributed by atoms with Crippen molar-refractivity contribution in [2.45, 2.75) is 75.4 Å². The van der Waals surface area contributed by atoms with E-state index in [2.05, 4.69) is 47.4 Å². The number of aromatic nitrogens is 6. The van der Waals surface area contributed by atoms with Gasteiger partial charge >= 0.3 is 6.18 Å². The maximum Gasteiger partial charge on any atom is 0.433 e. The van der Waals surface area contributed by atoms with E-state index >= 15 is 0 Å². The molecular weight excluding hydrogens is 561 g/mol. The van der Waals surface area contributed by atoms with Gasteiger partial charge < -0.3 is 19.8 Å². The van der Waals surface area contributed by atoms with Crippen LogP contribution in [0, 0.1) is 0 Å². The molecule has 4 aromatic rings. The van der Waals surface area contributed by atoms with E-state index in [1.165, 1.54) is 19.9 Å². The summed E-state index contributed by atoms with van der Waals surface area (Å²) >= 11 is 0. The summed E-state index contributed by atoms with van der Waals surface area (Å²) in [4.78, 5) is 22.2. The van der Waals surface area contributed by atoms with Crippen LogP contribution in [0.4, 0.5) is 13.2 Å². The van der Waals surface area contributed by atoms with E-state index in [4.69, 9.17) is 9.84 Å². The van der Waals surface area contributed by atoms with Gasteiger partial charge in [0.25, 0.3) is 0 Å². The number of hydrogen-bond donors (Lipinski definition) is 2. The highest BCUT2D eigenvalue weighted by atomic mass is 19.4. The largest absolute Gasteiger partial charge is 0.474 e. The molecule has 6 rings (SSSR count). The maximum atomic E-state index is 13.5. The molecule has 5 heterocycles. The molecule has 2 aliphatic rings. The van der Waals surface area contributed by atoms with Gasteiger partial charge in [-0.05, 0) is 70.4 Å². The number of ether oxygens (including phenoxy) is 1. The van der Waals surface area contributed by atoms with Crippen molar-refractivity contribution in [3.63, 3.8) is 0 Å². The summed E-state index contributed by atoms with van der Waals surface area (Å²) in [6, 6.07) is 4.58. The highest BCUT2D eigenvalue weighted by Crippen LogP contribution is 2.46. The second-order valence-electron chi connectivity index (χ2n) is 12.1. The fourth-order valence-electron chi connectivity index (χ4n) is 6.27. The van der Waals surface area contributed by atoms with Gasteiger partial charge in [0.15, 0.2) is 0 Å². The van der Waals surface area contributed by atoms with E-state index < -0.39 is 17.5 Å². The monoisotopic (exact) mass is 596 g/mol. The first-order valence-electron chi connectivity index (χ1n) is 14.4. The average Bonchev–Trinajstić information content (AvgIpc) is 3.63. The van der Waals surface area contributed by atoms with Gasteiger partial charge in [0.05, 0.1) is 23.0 Å². The standard InChI is InChI=1S/C30H35F3N8O2/c1-28(2,42)20-12-24(30(31,32)33)39-25(13-20)43-22-5-10-40(11-6-22)21-14-29(15-21,7-9-34-3)41-17-19(16-38-41)26-23-4-8-35-27(23)37-18-36-26/h4,8,12-13,16-18,21-22,42H,3,5-7,9-11,14-15H2,1-2H3,(H,35,36,37). The zero-order chi connectivity index (χ0) is 30.4. The molecule has 43 heavy (non-hydrogen) atoms. The number of nitrogens with zero attached hydrogens (tertiary/aromatic N) is 7. The minimum Gasteiger partial charge on any atom is -0.474 e. The Morgan fingerprint density at radius 2 is 1.95 bits per heavy atom. The third-order valence-corrected chi connectivity index (χ3v) is 8.74. The third kappa shape index (κ3) is 5.87. The van der Waals surface area contributed by atoms with Crippen molar-refractivity contribution in [2.75, 3.05) is 19.6 Å². The van der Waals surface area contributed by atoms with E-state index in [1.54, 1.807) is 6.33 Å². The average molecular weight is 597 g/mol. The topological polar surface area (TPSA) is 117 Å². The fourth-order valence-corrected chi connectivity index (χ4v) is 6.27. The zero-order valence-corrected chi connectivity index (χ0v) is 24.2. The van der Waals surface area contributed by atoms with Crippen LogP contribution in [-0.4, -0.2) is 78.2 Å². The number of pyridine rings is 1. The molecule has 4 aromatic heterocycles. The number of alkyl halides is 3. The number of H-pyrrole nitrogens is 1. The number of fused-ring (bicyclic) bond motifs is 1. The lowest BCUT2D eigenvalue weighted by Crippen LogP contribution is -2.58. The molecule has 2 N–H and O–H groups in total. The summed E-state index contributed by atoms with van der Waals surface area (Å²) in [5.41, 5.74) is -0.0641. The number of piperidine rings is 1. The number of hydrogen-bond acceptors (Lipinski definition) is 8. The molecule has 0 spiro atoms. The van der Waals surface area contributed by atoms with Crippen molar-refractivity contribution in [3.8, 4) is 17.1 Å². The number of likely N-dealkylation sites (tertiary alicyclic amines) is 1. The Labute approximate surface area is 247 Å². The number of rotatable bonds is 9. The summed E-state index contributed by atoms with van der Waals surface area (Å²) < 4.78 is 48.4. The van der Waals surface area contributed by atoms with E-state index in [9.17, 15) is 18.3 Å². The maximum absolute atomic E-state index is 13.5. The van der Waals surface area contributed by atoms with Gasteiger partial charge in [-0.15, -0.1) is 0 Å². The first-order valence-corrected chi connectivity index (χ1v) is 14.4. The molecule has 1 saturated carbocycles. The first-order chi connectivity index (χ1) is 20.4. The van der Waals surface area contributed by atoms with Gasteiger partial charge in [-0.25, -0.2) is 15.0 Å². The number of nitrogens with one attached hydrogen (secondary N) is 1. The van der Waals surface area contributed by atoms with Crippen molar-refractivity contribution in [1.29, 1.82) is 0 Å². The second kappa shape index (κ2) is 11.0. The molecule has 10 nitrogen and oxygen atoms in total. The Bertz CT molecular complexity index is 1560. The molecule has 0 bridgehead atoms. The predicted octanol–water partition coefficient (Wildman–Crippen LogP) is 4.95. The van der Waals surface area contributed by atoms with Gasteiger partial charge in [-0.2, -0.15) is 18.3 Å². The molecule has 0 radical (unpaired) electrons. The van der Waals surface area contributed by atoms with Crippen LogP contribution in [0.3, 0.4) is 0 Å². The van der Waals surface area contributed by atoms with E-state index in [-0.39, 0.29) is 23.1 Å². The lowest BCUT2D eigenvalue weighted by molar-refractivity contribution is -0.141. The van der Waals surface area contributed by atoms with Crippen LogP contribution in [0.2, 0.25) is 0 Å². The van der Waals surface area contributed by atoms with Crippen molar-refractivity contribution in [3.05, 3.63) is 54.4 Å². The molecule has 0 atom stereocenters. The van der Waals surface area contributed by atoms with Crippen molar-refractivity contribution in [2.24, 2.45) is 4.99 Å². The lowest BCUT2D eigenvalue weighted by Gasteiger charge is -2.53. The Balaban J connectivity index is 1.11. The Kier molecular flexibility index (Phi) is 7.49. The minimum absolute atomic E-state index is 0.111. The Morgan fingerprint density at radius 3 is 2.65 bits per heavy atom. The van der Waals surface area contributed by atoms with Crippen LogP contribution < -0.4 is 4.74 Å². The van der Waals surface area contributed by atoms with Gasteiger partial charge in [-0.1, -0.05) is 0 Å². The Hall–Kier alpha value is -3.84. The van der Waals surface area contributed by atoms with Crippen molar-refractivity contribution >= 4 is 17.8 Å². The van der Waals surface area contributed by atoms with Crippen LogP contribution in [-0.2, 0) is 17.3 Å². The van der Waals surface area contributed by atoms with Crippen LogP contribution in [0.5, 0.6) is 5.88 Å². The summed E-state index contributed by atoms with van der Waals surface area (Å²) in [5.74, 6) is -0.111. The van der Waals surface area contributed by atoms with E-state index in [1.807, 2.05) is 18.5 Å². The summed E-state index contributed by atoms with van der Waals surface area (Å²) in [5, 5.41) is 16.0. The number of halogens is 3. The molecular formula is C30H35F3N8O2. The van der Waals surface area contributed by atoms with Gasteiger partial charge in [-0.3, -0.25) is 9.58 Å². The summed E-state index contributed by atoms with van der Waals surface area (Å²) in [6.07, 6.45) is 6.36. The summed E-state index contributed by atoms with van der Waals surface area (Å²) in [6.45, 7) is 8.71. The summed E-state index contributed by atoms with van der Waals surface area (Å²) in [7, 11) is 0. The third-order valence-electron chi connectivity index (χ3n) is 8.74. The molecule has 228 valence electrons. The minimum atomic E-state index is -4.64. The molecule has 1 aliphatic carbocycles. The van der Waals surface area contributed by atoms with Crippen molar-refractivity contribution in [1.82, 2.24) is 34.6 Å². The van der Waals surface area contributed by atoms with E-state index in [0.29, 0.717) is 25.4 Å².